The largest absolute Gasteiger partial charge is 0.444 e. The Morgan fingerprint density at radius 3 is 1.13 bits per heavy atom. The molecular formula is C30H52N2O4S2. The summed E-state index contributed by atoms with van der Waals surface area (Å²) >= 11 is 0. The monoisotopic (exact) mass is 568 g/mol. The predicted octanol–water partition coefficient (Wildman–Crippen LogP) is 8.29. The van der Waals surface area contributed by atoms with Crippen molar-refractivity contribution < 1.29 is 19.1 Å². The van der Waals surface area contributed by atoms with Crippen molar-refractivity contribution in [1.29, 1.82) is 0 Å². The molecule has 2 aliphatic heterocycles. The molecule has 218 valence electrons. The van der Waals surface area contributed by atoms with Gasteiger partial charge in [0.25, 0.3) is 0 Å². The third-order valence-electron chi connectivity index (χ3n) is 9.27. The van der Waals surface area contributed by atoms with Crippen molar-refractivity contribution in [3.63, 3.8) is 0 Å². The molecule has 0 atom stereocenters. The molecule has 0 aromatic heterocycles. The first kappa shape index (κ1) is 30.2. The van der Waals surface area contributed by atoms with Crippen LogP contribution in [0.4, 0.5) is 9.59 Å². The first-order valence-electron chi connectivity index (χ1n) is 15.0. The van der Waals surface area contributed by atoms with Crippen LogP contribution in [0, 0.1) is 10.8 Å². The van der Waals surface area contributed by atoms with Gasteiger partial charge < -0.3 is 19.3 Å². The highest BCUT2D eigenvalue weighted by molar-refractivity contribution is 8.77. The lowest BCUT2D eigenvalue weighted by Gasteiger charge is -2.46. The van der Waals surface area contributed by atoms with Gasteiger partial charge in [-0.25, -0.2) is 9.59 Å². The number of rotatable bonds is 3. The lowest BCUT2D eigenvalue weighted by atomic mass is 9.68. The molecule has 2 heterocycles. The second kappa shape index (κ2) is 12.0. The normalized spacial score (nSPS) is 26.4. The molecule has 0 bridgehead atoms. The van der Waals surface area contributed by atoms with E-state index in [2.05, 4.69) is 21.6 Å². The molecule has 8 heteroatoms. The molecule has 0 aromatic carbocycles. The summed E-state index contributed by atoms with van der Waals surface area (Å²) in [6.07, 6.45) is 14.8. The van der Waals surface area contributed by atoms with Crippen LogP contribution in [0.5, 0.6) is 0 Å². The SMILES string of the molecule is CC(C)(C)OC(=O)N1CCC2(CCC(SSC3CCC4(CC3)CCN(C(=O)OC(C)(C)C)CC4)CC2)CC1. The van der Waals surface area contributed by atoms with Gasteiger partial charge in [0.15, 0.2) is 0 Å². The number of hydrogen-bond donors (Lipinski definition) is 0. The van der Waals surface area contributed by atoms with Gasteiger partial charge in [0.2, 0.25) is 0 Å². The minimum absolute atomic E-state index is 0.143. The van der Waals surface area contributed by atoms with Gasteiger partial charge in [-0.2, -0.15) is 0 Å². The lowest BCUT2D eigenvalue weighted by Crippen LogP contribution is -2.46. The molecule has 4 aliphatic rings. The summed E-state index contributed by atoms with van der Waals surface area (Å²) in [5.74, 6) is 0. The van der Waals surface area contributed by atoms with Crippen LogP contribution in [-0.2, 0) is 9.47 Å². The van der Waals surface area contributed by atoms with Crippen molar-refractivity contribution >= 4 is 33.8 Å². The van der Waals surface area contributed by atoms with Crippen LogP contribution in [0.25, 0.3) is 0 Å². The van der Waals surface area contributed by atoms with E-state index in [9.17, 15) is 9.59 Å². The summed E-state index contributed by atoms with van der Waals surface area (Å²) in [5.41, 5.74) is 0.0617. The van der Waals surface area contributed by atoms with Crippen molar-refractivity contribution in [1.82, 2.24) is 9.80 Å². The second-order valence-electron chi connectivity index (χ2n) is 14.5. The smallest absolute Gasteiger partial charge is 0.410 e. The summed E-state index contributed by atoms with van der Waals surface area (Å²) in [6, 6.07) is 0. The van der Waals surface area contributed by atoms with E-state index in [1.165, 1.54) is 51.4 Å². The van der Waals surface area contributed by atoms with Crippen LogP contribution >= 0.6 is 21.6 Å². The Labute approximate surface area is 239 Å². The van der Waals surface area contributed by atoms with E-state index in [4.69, 9.17) is 9.47 Å². The maximum atomic E-state index is 12.4. The maximum Gasteiger partial charge on any atom is 0.410 e. The molecule has 2 spiro atoms. The minimum Gasteiger partial charge on any atom is -0.444 e. The quantitative estimate of drug-likeness (QED) is 0.319. The highest BCUT2D eigenvalue weighted by Crippen LogP contribution is 2.53. The zero-order valence-electron chi connectivity index (χ0n) is 24.8. The second-order valence-corrected chi connectivity index (χ2v) is 17.4. The predicted molar refractivity (Wildman–Crippen MR) is 159 cm³/mol. The molecular weight excluding hydrogens is 516 g/mol. The summed E-state index contributed by atoms with van der Waals surface area (Å²) in [4.78, 5) is 28.7. The van der Waals surface area contributed by atoms with E-state index in [1.54, 1.807) is 0 Å². The molecule has 6 nitrogen and oxygen atoms in total. The summed E-state index contributed by atoms with van der Waals surface area (Å²) in [7, 11) is 4.34. The van der Waals surface area contributed by atoms with Crippen LogP contribution in [0.1, 0.15) is 119 Å². The van der Waals surface area contributed by atoms with Gasteiger partial charge in [-0.05, 0) is 129 Å². The van der Waals surface area contributed by atoms with Gasteiger partial charge >= 0.3 is 12.2 Å². The molecule has 4 fully saturated rings. The van der Waals surface area contributed by atoms with Crippen molar-refractivity contribution in [2.24, 2.45) is 10.8 Å². The average molecular weight is 569 g/mol. The van der Waals surface area contributed by atoms with Gasteiger partial charge in [-0.3, -0.25) is 0 Å². The topological polar surface area (TPSA) is 59.1 Å². The van der Waals surface area contributed by atoms with Gasteiger partial charge in [0.1, 0.15) is 11.2 Å². The highest BCUT2D eigenvalue weighted by Gasteiger charge is 2.42. The van der Waals surface area contributed by atoms with Crippen molar-refractivity contribution in [3.8, 4) is 0 Å². The Balaban J connectivity index is 1.11. The summed E-state index contributed by atoms with van der Waals surface area (Å²) in [5, 5.41) is 1.56. The molecule has 2 amide bonds. The van der Waals surface area contributed by atoms with Crippen LogP contribution in [-0.4, -0.2) is 69.9 Å². The van der Waals surface area contributed by atoms with Crippen LogP contribution in [0.15, 0.2) is 0 Å². The maximum absolute atomic E-state index is 12.4. The fraction of sp³-hybridized carbons (Fsp3) is 0.933. The Bertz CT molecular complexity index is 733. The Kier molecular flexibility index (Phi) is 9.54. The minimum atomic E-state index is -0.419. The van der Waals surface area contributed by atoms with E-state index >= 15 is 0 Å². The number of hydrogen-bond acceptors (Lipinski definition) is 6. The van der Waals surface area contributed by atoms with Crippen LogP contribution < -0.4 is 0 Å². The third kappa shape index (κ3) is 8.37. The highest BCUT2D eigenvalue weighted by atomic mass is 33.1. The number of nitrogens with zero attached hydrogens (tertiary/aromatic N) is 2. The Hall–Kier alpha value is -0.760. The first-order chi connectivity index (χ1) is 17.8. The van der Waals surface area contributed by atoms with Crippen LogP contribution in [0.2, 0.25) is 0 Å². The van der Waals surface area contributed by atoms with Gasteiger partial charge in [-0.1, -0.05) is 21.6 Å². The molecule has 2 saturated heterocycles. The molecule has 0 radical (unpaired) electrons. The fourth-order valence-electron chi connectivity index (χ4n) is 6.74. The number of piperidine rings is 2. The Morgan fingerprint density at radius 2 is 0.868 bits per heavy atom. The third-order valence-corrected chi connectivity index (χ3v) is 12.8. The number of carbonyl (C=O) groups is 2. The molecule has 0 aromatic rings. The zero-order valence-corrected chi connectivity index (χ0v) is 26.4. The molecule has 4 rings (SSSR count). The average Bonchev–Trinajstić information content (AvgIpc) is 2.84. The summed E-state index contributed by atoms with van der Waals surface area (Å²) in [6.45, 7) is 15.0. The van der Waals surface area contributed by atoms with Crippen molar-refractivity contribution in [3.05, 3.63) is 0 Å². The van der Waals surface area contributed by atoms with E-state index in [0.717, 1.165) is 62.4 Å². The molecule has 38 heavy (non-hydrogen) atoms. The molecule has 2 saturated carbocycles. The lowest BCUT2D eigenvalue weighted by molar-refractivity contribution is 0.00374. The number of carbonyl (C=O) groups excluding carboxylic acids is 2. The standard InChI is InChI=1S/C30H52N2O4S2/c1-27(2,3)35-25(33)31-19-15-29(16-20-31)11-7-23(8-12-29)37-38-24-9-13-30(14-10-24)17-21-32(22-18-30)26(34)36-28(4,5)6/h23-24H,7-22H2,1-6H3. The number of ether oxygens (including phenoxy) is 2. The van der Waals surface area contributed by atoms with Crippen molar-refractivity contribution in [2.45, 2.75) is 140 Å². The van der Waals surface area contributed by atoms with Gasteiger partial charge in [0, 0.05) is 36.7 Å². The zero-order chi connectivity index (χ0) is 27.6. The Morgan fingerprint density at radius 1 is 0.579 bits per heavy atom. The van der Waals surface area contributed by atoms with Gasteiger partial charge in [0.05, 0.1) is 0 Å². The van der Waals surface area contributed by atoms with E-state index in [-0.39, 0.29) is 12.2 Å². The van der Waals surface area contributed by atoms with E-state index in [1.807, 2.05) is 51.3 Å². The number of amides is 2. The number of likely N-dealkylation sites (tertiary alicyclic amines) is 2. The molecule has 0 unspecified atom stereocenters. The van der Waals surface area contributed by atoms with Crippen molar-refractivity contribution in [2.75, 3.05) is 26.2 Å². The van der Waals surface area contributed by atoms with E-state index < -0.39 is 11.2 Å². The molecule has 0 N–H and O–H groups in total. The van der Waals surface area contributed by atoms with Crippen LogP contribution in [0.3, 0.4) is 0 Å². The fourth-order valence-corrected chi connectivity index (χ4v) is 10.0. The molecule has 2 aliphatic carbocycles. The summed E-state index contributed by atoms with van der Waals surface area (Å²) < 4.78 is 11.2. The van der Waals surface area contributed by atoms with E-state index in [0.29, 0.717) is 10.8 Å². The first-order valence-corrected chi connectivity index (χ1v) is 17.3. The van der Waals surface area contributed by atoms with Gasteiger partial charge in [-0.15, -0.1) is 0 Å².